The first-order valence-electron chi connectivity index (χ1n) is 3.73. The van der Waals surface area contributed by atoms with Crippen molar-refractivity contribution < 1.29 is 4.79 Å². The Balaban J connectivity index is 2.35. The topological polar surface area (TPSA) is 48.4 Å². The molecule has 0 bridgehead atoms. The van der Waals surface area contributed by atoms with Gasteiger partial charge in [-0.15, -0.1) is 0 Å². The van der Waals surface area contributed by atoms with E-state index in [1.54, 1.807) is 0 Å². The van der Waals surface area contributed by atoms with Crippen molar-refractivity contribution in [2.75, 3.05) is 6.54 Å². The monoisotopic (exact) mass is 147 g/mol. The molecule has 1 N–H and O–H groups in total. The van der Waals surface area contributed by atoms with E-state index in [2.05, 4.69) is 16.2 Å². The zero-order valence-corrected chi connectivity index (χ0v) is 6.12. The number of rotatable bonds is 0. The van der Waals surface area contributed by atoms with E-state index in [0.29, 0.717) is 12.5 Å². The summed E-state index contributed by atoms with van der Waals surface area (Å²) in [6.45, 7) is 0.689. The standard InChI is InChI=1S/C8H9N3/c9-11-8-5-10-7-4-2-1-3-6(7)8/h1-2,4,6,10H,3,5H2. The van der Waals surface area contributed by atoms with Crippen LogP contribution in [-0.2, 0) is 0 Å². The Hall–Kier alpha value is -1.34. The summed E-state index contributed by atoms with van der Waals surface area (Å²) in [7, 11) is 0. The van der Waals surface area contributed by atoms with Crippen LogP contribution in [-0.4, -0.2) is 17.0 Å². The highest BCUT2D eigenvalue weighted by atomic mass is 15.0. The second-order valence-electron chi connectivity index (χ2n) is 2.78. The summed E-state index contributed by atoms with van der Waals surface area (Å²) >= 11 is 0. The maximum Gasteiger partial charge on any atom is 0.296 e. The fraction of sp³-hybridized carbons (Fsp3) is 0.375. The third kappa shape index (κ3) is 0.900. The summed E-state index contributed by atoms with van der Waals surface area (Å²) in [5.41, 5.74) is 10.6. The van der Waals surface area contributed by atoms with Gasteiger partial charge in [-0.1, -0.05) is 12.2 Å². The van der Waals surface area contributed by atoms with Crippen LogP contribution < -0.4 is 5.32 Å². The Morgan fingerprint density at radius 2 is 2.55 bits per heavy atom. The minimum Gasteiger partial charge on any atom is -0.377 e. The molecule has 2 aliphatic rings. The molecule has 3 heteroatoms. The van der Waals surface area contributed by atoms with Crippen molar-refractivity contribution in [2.24, 2.45) is 5.92 Å². The van der Waals surface area contributed by atoms with Crippen LogP contribution in [0.4, 0.5) is 0 Å². The highest BCUT2D eigenvalue weighted by Crippen LogP contribution is 2.23. The molecule has 0 spiro atoms. The number of fused-ring (bicyclic) bond motifs is 1. The molecule has 2 rings (SSSR count). The summed E-state index contributed by atoms with van der Waals surface area (Å²) < 4.78 is 0. The third-order valence-corrected chi connectivity index (χ3v) is 2.16. The third-order valence-electron chi connectivity index (χ3n) is 2.16. The van der Waals surface area contributed by atoms with Crippen LogP contribution in [0.5, 0.6) is 0 Å². The normalized spacial score (nSPS) is 27.1. The molecule has 56 valence electrons. The first kappa shape index (κ1) is 6.38. The molecule has 11 heavy (non-hydrogen) atoms. The Kier molecular flexibility index (Phi) is 1.37. The van der Waals surface area contributed by atoms with Crippen molar-refractivity contribution in [2.45, 2.75) is 6.42 Å². The maximum atomic E-state index is 8.60. The Labute approximate surface area is 65.0 Å². The number of nitrogens with one attached hydrogen (secondary N) is 1. The van der Waals surface area contributed by atoms with Gasteiger partial charge in [-0.3, -0.25) is 0 Å². The smallest absolute Gasteiger partial charge is 0.296 e. The van der Waals surface area contributed by atoms with Gasteiger partial charge in [0, 0.05) is 5.70 Å². The molecule has 1 unspecified atom stereocenters. The van der Waals surface area contributed by atoms with Crippen LogP contribution in [0.15, 0.2) is 23.9 Å². The van der Waals surface area contributed by atoms with Crippen molar-refractivity contribution in [3.8, 4) is 0 Å². The van der Waals surface area contributed by atoms with Crippen molar-refractivity contribution in [1.82, 2.24) is 5.32 Å². The minimum atomic E-state index is 0.310. The average molecular weight is 147 g/mol. The second kappa shape index (κ2) is 2.36. The van der Waals surface area contributed by atoms with E-state index in [4.69, 9.17) is 5.53 Å². The molecule has 3 nitrogen and oxygen atoms in total. The summed E-state index contributed by atoms with van der Waals surface area (Å²) in [5, 5.41) is 3.18. The lowest BCUT2D eigenvalue weighted by molar-refractivity contribution is -0.0114. The van der Waals surface area contributed by atoms with E-state index in [0.717, 1.165) is 12.1 Å². The molecule has 1 atom stereocenters. The van der Waals surface area contributed by atoms with Gasteiger partial charge in [0.25, 0.3) is 5.71 Å². The Morgan fingerprint density at radius 3 is 3.36 bits per heavy atom. The van der Waals surface area contributed by atoms with Gasteiger partial charge in [0.15, 0.2) is 0 Å². The van der Waals surface area contributed by atoms with Gasteiger partial charge in [-0.2, -0.15) is 4.79 Å². The first-order valence-corrected chi connectivity index (χ1v) is 3.73. The van der Waals surface area contributed by atoms with Crippen LogP contribution in [0.25, 0.3) is 5.53 Å². The quantitative estimate of drug-likeness (QED) is 0.398. The fourth-order valence-electron chi connectivity index (χ4n) is 1.55. The maximum absolute atomic E-state index is 8.60. The summed E-state index contributed by atoms with van der Waals surface area (Å²) in [5.74, 6) is 0.310. The summed E-state index contributed by atoms with van der Waals surface area (Å²) in [4.78, 5) is 3.25. The SMILES string of the molecule is [N-]=[N+]=C1CNC2=CC=CCC21. The van der Waals surface area contributed by atoms with E-state index >= 15 is 0 Å². The van der Waals surface area contributed by atoms with Crippen LogP contribution >= 0.6 is 0 Å². The molecule has 0 amide bonds. The second-order valence-corrected chi connectivity index (χ2v) is 2.78. The van der Waals surface area contributed by atoms with E-state index in [1.807, 2.05) is 12.2 Å². The van der Waals surface area contributed by atoms with E-state index < -0.39 is 0 Å². The largest absolute Gasteiger partial charge is 0.377 e. The highest BCUT2D eigenvalue weighted by molar-refractivity contribution is 5.89. The molecule has 0 aromatic carbocycles. The average Bonchev–Trinajstić information content (AvgIpc) is 2.47. The van der Waals surface area contributed by atoms with Crippen molar-refractivity contribution in [3.63, 3.8) is 0 Å². The molecule has 1 saturated heterocycles. The lowest BCUT2D eigenvalue weighted by Gasteiger charge is -2.07. The van der Waals surface area contributed by atoms with Gasteiger partial charge in [0.2, 0.25) is 0 Å². The number of allylic oxidation sites excluding steroid dienone is 4. The Morgan fingerprint density at radius 1 is 1.64 bits per heavy atom. The molecular weight excluding hydrogens is 138 g/mol. The first-order chi connectivity index (χ1) is 5.42. The minimum absolute atomic E-state index is 0.310. The summed E-state index contributed by atoms with van der Waals surface area (Å²) in [6.07, 6.45) is 7.11. The zero-order chi connectivity index (χ0) is 7.68. The lowest BCUT2D eigenvalue weighted by Crippen LogP contribution is -2.11. The van der Waals surface area contributed by atoms with Crippen molar-refractivity contribution in [1.29, 1.82) is 0 Å². The zero-order valence-electron chi connectivity index (χ0n) is 6.12. The van der Waals surface area contributed by atoms with Crippen LogP contribution in [0.2, 0.25) is 0 Å². The van der Waals surface area contributed by atoms with Crippen LogP contribution in [0.1, 0.15) is 6.42 Å². The van der Waals surface area contributed by atoms with E-state index in [9.17, 15) is 0 Å². The molecule has 0 saturated carbocycles. The van der Waals surface area contributed by atoms with Crippen LogP contribution in [0.3, 0.4) is 0 Å². The molecule has 1 fully saturated rings. The number of hydrogen-bond acceptors (Lipinski definition) is 1. The molecular formula is C8H9N3. The highest BCUT2D eigenvalue weighted by Gasteiger charge is 2.33. The molecule has 0 radical (unpaired) electrons. The van der Waals surface area contributed by atoms with Gasteiger partial charge in [-0.05, 0) is 12.5 Å². The van der Waals surface area contributed by atoms with E-state index in [1.165, 1.54) is 5.70 Å². The van der Waals surface area contributed by atoms with Crippen molar-refractivity contribution in [3.05, 3.63) is 29.5 Å². The Bertz CT molecular complexity index is 282. The van der Waals surface area contributed by atoms with Gasteiger partial charge >= 0.3 is 0 Å². The van der Waals surface area contributed by atoms with Gasteiger partial charge < -0.3 is 10.8 Å². The van der Waals surface area contributed by atoms with E-state index in [-0.39, 0.29) is 0 Å². The summed E-state index contributed by atoms with van der Waals surface area (Å²) in [6, 6.07) is 0. The number of hydrogen-bond donors (Lipinski definition) is 1. The van der Waals surface area contributed by atoms with Gasteiger partial charge in [-0.25, -0.2) is 0 Å². The molecule has 0 aromatic rings. The predicted molar refractivity (Wildman–Crippen MR) is 42.0 cm³/mol. The predicted octanol–water partition coefficient (Wildman–Crippen LogP) is 0.720. The molecule has 1 aliphatic carbocycles. The van der Waals surface area contributed by atoms with Crippen molar-refractivity contribution >= 4 is 5.71 Å². The molecule has 1 aliphatic heterocycles. The molecule has 1 heterocycles. The molecule has 0 aromatic heterocycles. The van der Waals surface area contributed by atoms with Crippen LogP contribution in [0, 0.1) is 5.92 Å². The van der Waals surface area contributed by atoms with Gasteiger partial charge in [0.05, 0.1) is 0 Å². The lowest BCUT2D eigenvalue weighted by atomic mass is 9.96. The fourth-order valence-corrected chi connectivity index (χ4v) is 1.55. The number of nitrogens with zero attached hydrogens (tertiary/aromatic N) is 2. The van der Waals surface area contributed by atoms with Gasteiger partial charge in [0.1, 0.15) is 12.5 Å².